The van der Waals surface area contributed by atoms with Gasteiger partial charge in [0.25, 0.3) is 0 Å². The first-order valence-electron chi connectivity index (χ1n) is 9.06. The van der Waals surface area contributed by atoms with Gasteiger partial charge in [-0.25, -0.2) is 4.79 Å². The molecule has 1 N–H and O–H groups in total. The second-order valence-electron chi connectivity index (χ2n) is 8.08. The van der Waals surface area contributed by atoms with Crippen LogP contribution in [-0.2, 0) is 4.74 Å². The number of nitrogens with zero attached hydrogens (tertiary/aromatic N) is 1. The highest BCUT2D eigenvalue weighted by Crippen LogP contribution is 2.45. The second kappa shape index (κ2) is 6.77. The first-order valence-corrected chi connectivity index (χ1v) is 9.06. The molecule has 1 aliphatic heterocycles. The van der Waals surface area contributed by atoms with Gasteiger partial charge in [-0.3, -0.25) is 0 Å². The lowest BCUT2D eigenvalue weighted by molar-refractivity contribution is -0.0501. The summed E-state index contributed by atoms with van der Waals surface area (Å²) in [5.41, 5.74) is -0.350. The Kier molecular flexibility index (Phi) is 5.41. The molecule has 1 spiro atoms. The van der Waals surface area contributed by atoms with Crippen LogP contribution in [0, 0.1) is 0 Å². The van der Waals surface area contributed by atoms with Crippen molar-refractivity contribution < 1.29 is 9.53 Å². The summed E-state index contributed by atoms with van der Waals surface area (Å²) < 4.78 is 5.63. The molecule has 1 unspecified atom stereocenters. The van der Waals surface area contributed by atoms with Crippen LogP contribution in [0.2, 0.25) is 0 Å². The van der Waals surface area contributed by atoms with Crippen molar-refractivity contribution in [3.63, 3.8) is 0 Å². The number of carbonyl (C=O) groups excluding carboxylic acids is 1. The Balaban J connectivity index is 2.00. The van der Waals surface area contributed by atoms with Gasteiger partial charge < -0.3 is 15.0 Å². The van der Waals surface area contributed by atoms with Gasteiger partial charge in [0.2, 0.25) is 0 Å². The molecule has 2 rings (SSSR count). The van der Waals surface area contributed by atoms with E-state index in [1.54, 1.807) is 0 Å². The summed E-state index contributed by atoms with van der Waals surface area (Å²) >= 11 is 0. The summed E-state index contributed by atoms with van der Waals surface area (Å²) in [5, 5.41) is 3.81. The SMILES string of the molecule is CCC(CC)NC1CCN(C(=O)OC(C)(C)C)C2(CCC2)C1. The van der Waals surface area contributed by atoms with Crippen molar-refractivity contribution in [3.8, 4) is 0 Å². The van der Waals surface area contributed by atoms with Crippen molar-refractivity contribution in [1.82, 2.24) is 10.2 Å². The molecule has 4 heteroatoms. The average Bonchev–Trinajstić information content (AvgIpc) is 2.40. The minimum absolute atomic E-state index is 0.0598. The van der Waals surface area contributed by atoms with Crippen LogP contribution < -0.4 is 5.32 Å². The van der Waals surface area contributed by atoms with E-state index in [1.807, 2.05) is 25.7 Å². The Morgan fingerprint density at radius 1 is 1.32 bits per heavy atom. The number of hydrogen-bond donors (Lipinski definition) is 1. The van der Waals surface area contributed by atoms with Crippen LogP contribution in [0.4, 0.5) is 4.79 Å². The van der Waals surface area contributed by atoms with Crippen LogP contribution in [0.1, 0.15) is 79.6 Å². The quantitative estimate of drug-likeness (QED) is 0.850. The smallest absolute Gasteiger partial charge is 0.410 e. The summed E-state index contributed by atoms with van der Waals surface area (Å²) in [5.74, 6) is 0. The predicted octanol–water partition coefficient (Wildman–Crippen LogP) is 4.09. The lowest BCUT2D eigenvalue weighted by atomic mass is 9.69. The number of nitrogens with one attached hydrogen (secondary N) is 1. The highest BCUT2D eigenvalue weighted by Gasteiger charge is 2.49. The molecule has 1 heterocycles. The van der Waals surface area contributed by atoms with E-state index in [9.17, 15) is 4.79 Å². The molecule has 0 aromatic carbocycles. The fraction of sp³-hybridized carbons (Fsp3) is 0.944. The number of amides is 1. The fourth-order valence-corrected chi connectivity index (χ4v) is 3.85. The van der Waals surface area contributed by atoms with Gasteiger partial charge in [0, 0.05) is 24.2 Å². The van der Waals surface area contributed by atoms with Gasteiger partial charge in [-0.05, 0) is 65.7 Å². The van der Waals surface area contributed by atoms with Gasteiger partial charge in [0.1, 0.15) is 5.60 Å². The van der Waals surface area contributed by atoms with E-state index < -0.39 is 5.60 Å². The average molecular weight is 310 g/mol. The summed E-state index contributed by atoms with van der Waals surface area (Å²) in [6.45, 7) is 11.2. The van der Waals surface area contributed by atoms with Gasteiger partial charge in [0.15, 0.2) is 0 Å². The first kappa shape index (κ1) is 17.6. The van der Waals surface area contributed by atoms with Crippen molar-refractivity contribution in [2.75, 3.05) is 6.54 Å². The third-order valence-corrected chi connectivity index (χ3v) is 5.26. The second-order valence-corrected chi connectivity index (χ2v) is 8.08. The number of hydrogen-bond acceptors (Lipinski definition) is 3. The third-order valence-electron chi connectivity index (χ3n) is 5.26. The number of likely N-dealkylation sites (tertiary alicyclic amines) is 1. The molecule has 0 aromatic heterocycles. The van der Waals surface area contributed by atoms with Crippen molar-refractivity contribution in [1.29, 1.82) is 0 Å². The lowest BCUT2D eigenvalue weighted by Crippen LogP contribution is -2.64. The maximum atomic E-state index is 12.5. The van der Waals surface area contributed by atoms with Crippen molar-refractivity contribution in [2.24, 2.45) is 0 Å². The normalized spacial score (nSPS) is 24.5. The lowest BCUT2D eigenvalue weighted by Gasteiger charge is -2.55. The third kappa shape index (κ3) is 3.95. The Morgan fingerprint density at radius 2 is 1.95 bits per heavy atom. The molecule has 0 bridgehead atoms. The molecule has 1 amide bonds. The molecular weight excluding hydrogens is 276 g/mol. The predicted molar refractivity (Wildman–Crippen MR) is 90.0 cm³/mol. The van der Waals surface area contributed by atoms with Crippen molar-refractivity contribution in [3.05, 3.63) is 0 Å². The van der Waals surface area contributed by atoms with Crippen LogP contribution in [0.15, 0.2) is 0 Å². The minimum atomic E-state index is -0.410. The van der Waals surface area contributed by atoms with Crippen LogP contribution >= 0.6 is 0 Å². The molecule has 2 aliphatic rings. The zero-order valence-electron chi connectivity index (χ0n) is 15.1. The molecule has 0 aromatic rings. The van der Waals surface area contributed by atoms with E-state index >= 15 is 0 Å². The topological polar surface area (TPSA) is 41.6 Å². The van der Waals surface area contributed by atoms with Crippen LogP contribution in [0.3, 0.4) is 0 Å². The minimum Gasteiger partial charge on any atom is -0.444 e. The maximum Gasteiger partial charge on any atom is 0.410 e. The molecule has 22 heavy (non-hydrogen) atoms. The molecule has 4 nitrogen and oxygen atoms in total. The Hall–Kier alpha value is -0.770. The van der Waals surface area contributed by atoms with Crippen molar-refractivity contribution >= 4 is 6.09 Å². The van der Waals surface area contributed by atoms with Gasteiger partial charge in [-0.2, -0.15) is 0 Å². The largest absolute Gasteiger partial charge is 0.444 e. The van der Waals surface area contributed by atoms with Gasteiger partial charge in [-0.1, -0.05) is 13.8 Å². The van der Waals surface area contributed by atoms with Gasteiger partial charge >= 0.3 is 6.09 Å². The molecule has 2 fully saturated rings. The maximum absolute atomic E-state index is 12.5. The van der Waals surface area contributed by atoms with Gasteiger partial charge in [-0.15, -0.1) is 0 Å². The summed E-state index contributed by atoms with van der Waals surface area (Å²) in [4.78, 5) is 14.6. The molecule has 1 saturated carbocycles. The number of piperidine rings is 1. The molecule has 1 saturated heterocycles. The monoisotopic (exact) mass is 310 g/mol. The van der Waals surface area contributed by atoms with E-state index in [-0.39, 0.29) is 11.6 Å². The molecule has 1 atom stereocenters. The Bertz CT molecular complexity index is 381. The molecule has 128 valence electrons. The molecule has 1 aliphatic carbocycles. The number of rotatable bonds is 4. The molecular formula is C18H34N2O2. The Labute approximate surface area is 136 Å². The molecule has 0 radical (unpaired) electrons. The van der Waals surface area contributed by atoms with Crippen LogP contribution in [-0.4, -0.2) is 40.8 Å². The standard InChI is InChI=1S/C18H34N2O2/c1-6-14(7-2)19-15-9-12-20(16(21)22-17(3,4)5)18(13-15)10-8-11-18/h14-15,19H,6-13H2,1-5H3. The van der Waals surface area contributed by atoms with E-state index in [4.69, 9.17) is 4.74 Å². The van der Waals surface area contributed by atoms with E-state index in [0.29, 0.717) is 12.1 Å². The highest BCUT2D eigenvalue weighted by molar-refractivity contribution is 5.69. The summed E-state index contributed by atoms with van der Waals surface area (Å²) in [6, 6.07) is 1.15. The zero-order chi connectivity index (χ0) is 16.4. The Morgan fingerprint density at radius 3 is 2.41 bits per heavy atom. The summed E-state index contributed by atoms with van der Waals surface area (Å²) in [7, 11) is 0. The van der Waals surface area contributed by atoms with E-state index in [0.717, 1.165) is 32.2 Å². The summed E-state index contributed by atoms with van der Waals surface area (Å²) in [6.07, 6.45) is 7.86. The van der Waals surface area contributed by atoms with Crippen LogP contribution in [0.5, 0.6) is 0 Å². The number of carbonyl (C=O) groups is 1. The fourth-order valence-electron chi connectivity index (χ4n) is 3.85. The van der Waals surface area contributed by atoms with E-state index in [1.165, 1.54) is 19.3 Å². The first-order chi connectivity index (χ1) is 10.3. The number of ether oxygens (including phenoxy) is 1. The van der Waals surface area contributed by atoms with Gasteiger partial charge in [0.05, 0.1) is 0 Å². The van der Waals surface area contributed by atoms with E-state index in [2.05, 4.69) is 19.2 Å². The van der Waals surface area contributed by atoms with Crippen molar-refractivity contribution in [2.45, 2.75) is 103 Å². The van der Waals surface area contributed by atoms with Crippen LogP contribution in [0.25, 0.3) is 0 Å². The zero-order valence-corrected chi connectivity index (χ0v) is 15.1. The highest BCUT2D eigenvalue weighted by atomic mass is 16.6.